The van der Waals surface area contributed by atoms with Crippen LogP contribution in [0.5, 0.6) is 0 Å². The highest BCUT2D eigenvalue weighted by atomic mass is 79.9. The Morgan fingerprint density at radius 2 is 1.90 bits per heavy atom. The van der Waals surface area contributed by atoms with Crippen LogP contribution >= 0.6 is 15.9 Å². The number of aliphatic carboxylic acids is 1. The molecule has 5 nitrogen and oxygen atoms in total. The minimum Gasteiger partial charge on any atom is -0.481 e. The van der Waals surface area contributed by atoms with Crippen LogP contribution in [-0.2, 0) is 14.8 Å². The topological polar surface area (TPSA) is 74.7 Å². The van der Waals surface area contributed by atoms with Crippen LogP contribution in [0.1, 0.15) is 18.4 Å². The van der Waals surface area contributed by atoms with Gasteiger partial charge in [0.05, 0.1) is 10.8 Å². The van der Waals surface area contributed by atoms with Gasteiger partial charge in [-0.1, -0.05) is 15.9 Å². The first-order chi connectivity index (χ1) is 9.30. The summed E-state index contributed by atoms with van der Waals surface area (Å²) in [6.45, 7) is 2.34. The van der Waals surface area contributed by atoms with E-state index in [0.717, 1.165) is 10.0 Å². The number of hydrogen-bond donors (Lipinski definition) is 1. The molecule has 0 unspecified atom stereocenters. The molecule has 0 radical (unpaired) electrons. The molecule has 0 spiro atoms. The van der Waals surface area contributed by atoms with E-state index in [9.17, 15) is 13.2 Å². The summed E-state index contributed by atoms with van der Waals surface area (Å²) in [5, 5.41) is 8.94. The fraction of sp³-hybridized carbons (Fsp3) is 0.462. The normalized spacial score (nSPS) is 18.1. The van der Waals surface area contributed by atoms with Gasteiger partial charge in [-0.3, -0.25) is 4.79 Å². The molecule has 1 aliphatic heterocycles. The van der Waals surface area contributed by atoms with Gasteiger partial charge in [0.25, 0.3) is 0 Å². The Hall–Kier alpha value is -0.920. The number of hydrogen-bond acceptors (Lipinski definition) is 3. The summed E-state index contributed by atoms with van der Waals surface area (Å²) < 4.78 is 27.1. The number of aryl methyl sites for hydroxylation is 1. The van der Waals surface area contributed by atoms with Crippen molar-refractivity contribution < 1.29 is 18.3 Å². The molecule has 1 saturated heterocycles. The monoisotopic (exact) mass is 361 g/mol. The Morgan fingerprint density at radius 3 is 2.40 bits per heavy atom. The number of nitrogens with zero attached hydrogens (tertiary/aromatic N) is 1. The van der Waals surface area contributed by atoms with Crippen LogP contribution in [0.15, 0.2) is 27.6 Å². The van der Waals surface area contributed by atoms with Gasteiger partial charge in [-0.25, -0.2) is 8.42 Å². The molecule has 1 heterocycles. The Morgan fingerprint density at radius 1 is 1.30 bits per heavy atom. The molecule has 0 saturated carbocycles. The van der Waals surface area contributed by atoms with E-state index >= 15 is 0 Å². The predicted molar refractivity (Wildman–Crippen MR) is 78.0 cm³/mol. The SMILES string of the molecule is Cc1cc(Br)cc(S(=O)(=O)N2CCC(C(=O)O)CC2)c1. The van der Waals surface area contributed by atoms with Crippen LogP contribution in [0.2, 0.25) is 0 Å². The number of piperidine rings is 1. The smallest absolute Gasteiger partial charge is 0.306 e. The average Bonchev–Trinajstić information content (AvgIpc) is 2.37. The fourth-order valence-corrected chi connectivity index (χ4v) is 4.70. The Bertz CT molecular complexity index is 601. The van der Waals surface area contributed by atoms with Crippen molar-refractivity contribution in [3.63, 3.8) is 0 Å². The lowest BCUT2D eigenvalue weighted by atomic mass is 9.99. The van der Waals surface area contributed by atoms with Crippen molar-refractivity contribution in [3.8, 4) is 0 Å². The molecule has 1 aliphatic rings. The fourth-order valence-electron chi connectivity index (χ4n) is 2.34. The number of carboxylic acids is 1. The molecule has 0 bridgehead atoms. The van der Waals surface area contributed by atoms with Gasteiger partial charge in [-0.2, -0.15) is 4.31 Å². The first-order valence-corrected chi connectivity index (χ1v) is 8.54. The number of benzene rings is 1. The van der Waals surface area contributed by atoms with Crippen LogP contribution in [-0.4, -0.2) is 36.9 Å². The molecule has 20 heavy (non-hydrogen) atoms. The van der Waals surface area contributed by atoms with E-state index in [1.54, 1.807) is 12.1 Å². The second-order valence-corrected chi connectivity index (χ2v) is 7.83. The summed E-state index contributed by atoms with van der Waals surface area (Å²) in [5.74, 6) is -1.29. The van der Waals surface area contributed by atoms with Crippen LogP contribution < -0.4 is 0 Å². The quantitative estimate of drug-likeness (QED) is 0.895. The highest BCUT2D eigenvalue weighted by Crippen LogP contribution is 2.26. The maximum Gasteiger partial charge on any atom is 0.306 e. The van der Waals surface area contributed by atoms with E-state index in [-0.39, 0.29) is 18.0 Å². The third kappa shape index (κ3) is 3.21. The van der Waals surface area contributed by atoms with Crippen LogP contribution in [0, 0.1) is 12.8 Å². The molecule has 0 aromatic heterocycles. The molecule has 2 rings (SSSR count). The molecule has 110 valence electrons. The van der Waals surface area contributed by atoms with Crippen molar-refractivity contribution in [2.75, 3.05) is 13.1 Å². The largest absolute Gasteiger partial charge is 0.481 e. The minimum absolute atomic E-state index is 0.248. The molecule has 0 atom stereocenters. The van der Waals surface area contributed by atoms with Crippen molar-refractivity contribution in [1.29, 1.82) is 0 Å². The predicted octanol–water partition coefficient (Wildman–Crippen LogP) is 2.24. The third-order valence-corrected chi connectivity index (χ3v) is 5.79. The number of carboxylic acid groups (broad SMARTS) is 1. The van der Waals surface area contributed by atoms with Crippen LogP contribution in [0.4, 0.5) is 0 Å². The van der Waals surface area contributed by atoms with Gasteiger partial charge in [-0.15, -0.1) is 0 Å². The molecule has 1 aromatic rings. The van der Waals surface area contributed by atoms with Gasteiger partial charge >= 0.3 is 5.97 Å². The highest BCUT2D eigenvalue weighted by Gasteiger charge is 2.32. The number of carbonyl (C=O) groups is 1. The minimum atomic E-state index is -3.55. The van der Waals surface area contributed by atoms with E-state index < -0.39 is 21.9 Å². The Labute approximate surface area is 126 Å². The van der Waals surface area contributed by atoms with Crippen molar-refractivity contribution >= 4 is 31.9 Å². The van der Waals surface area contributed by atoms with E-state index in [4.69, 9.17) is 5.11 Å². The zero-order valence-electron chi connectivity index (χ0n) is 11.0. The molecule has 0 amide bonds. The maximum atomic E-state index is 12.5. The number of sulfonamides is 1. The zero-order valence-corrected chi connectivity index (χ0v) is 13.4. The van der Waals surface area contributed by atoms with E-state index in [1.165, 1.54) is 4.31 Å². The van der Waals surface area contributed by atoms with Gasteiger partial charge < -0.3 is 5.11 Å². The molecular formula is C13H16BrNO4S. The second-order valence-electron chi connectivity index (χ2n) is 4.98. The first kappa shape index (κ1) is 15.5. The molecule has 1 N–H and O–H groups in total. The molecule has 1 aromatic carbocycles. The van der Waals surface area contributed by atoms with Crippen molar-refractivity contribution in [2.24, 2.45) is 5.92 Å². The summed E-state index contributed by atoms with van der Waals surface area (Å²) in [6.07, 6.45) is 0.725. The van der Waals surface area contributed by atoms with Gasteiger partial charge in [0.2, 0.25) is 10.0 Å². The second kappa shape index (κ2) is 5.83. The van der Waals surface area contributed by atoms with Crippen LogP contribution in [0.3, 0.4) is 0 Å². The van der Waals surface area contributed by atoms with Crippen molar-refractivity contribution in [3.05, 3.63) is 28.2 Å². The Balaban J connectivity index is 2.21. The van der Waals surface area contributed by atoms with Gasteiger partial charge in [-0.05, 0) is 43.5 Å². The molecule has 1 fully saturated rings. The third-order valence-electron chi connectivity index (χ3n) is 3.46. The lowest BCUT2D eigenvalue weighted by Crippen LogP contribution is -2.40. The Kier molecular flexibility index (Phi) is 4.51. The average molecular weight is 362 g/mol. The highest BCUT2D eigenvalue weighted by molar-refractivity contribution is 9.10. The van der Waals surface area contributed by atoms with E-state index in [0.29, 0.717) is 12.8 Å². The van der Waals surface area contributed by atoms with Gasteiger partial charge in [0, 0.05) is 17.6 Å². The van der Waals surface area contributed by atoms with E-state index in [2.05, 4.69) is 15.9 Å². The first-order valence-electron chi connectivity index (χ1n) is 6.31. The molecule has 0 aliphatic carbocycles. The maximum absolute atomic E-state index is 12.5. The number of rotatable bonds is 3. The molecule has 7 heteroatoms. The zero-order chi connectivity index (χ0) is 14.9. The van der Waals surface area contributed by atoms with Gasteiger partial charge in [0.1, 0.15) is 0 Å². The van der Waals surface area contributed by atoms with Gasteiger partial charge in [0.15, 0.2) is 0 Å². The lowest BCUT2D eigenvalue weighted by Gasteiger charge is -2.29. The van der Waals surface area contributed by atoms with Crippen molar-refractivity contribution in [2.45, 2.75) is 24.7 Å². The summed E-state index contributed by atoms with van der Waals surface area (Å²) in [7, 11) is -3.55. The van der Waals surface area contributed by atoms with Crippen molar-refractivity contribution in [1.82, 2.24) is 4.31 Å². The van der Waals surface area contributed by atoms with E-state index in [1.807, 2.05) is 13.0 Å². The summed E-state index contributed by atoms with van der Waals surface area (Å²) in [5.41, 5.74) is 0.860. The van der Waals surface area contributed by atoms with Crippen LogP contribution in [0.25, 0.3) is 0 Å². The summed E-state index contributed by atoms with van der Waals surface area (Å²) in [4.78, 5) is 11.1. The molecular weight excluding hydrogens is 346 g/mol. The lowest BCUT2D eigenvalue weighted by molar-refractivity contribution is -0.142. The summed E-state index contributed by atoms with van der Waals surface area (Å²) >= 11 is 3.30. The number of halogens is 1. The standard InChI is InChI=1S/C13H16BrNO4S/c1-9-6-11(14)8-12(7-9)20(18,19)15-4-2-10(3-5-15)13(16)17/h6-8,10H,2-5H2,1H3,(H,16,17). The summed E-state index contributed by atoms with van der Waals surface area (Å²) in [6, 6.07) is 5.05.